The molecule has 2 aromatic carbocycles. The number of hydrogen-bond donors (Lipinski definition) is 2. The number of nitrogens with one attached hydrogen (secondary N) is 1. The minimum atomic E-state index is -0.502. The van der Waals surface area contributed by atoms with Gasteiger partial charge < -0.3 is 11.1 Å². The molecule has 0 aliphatic heterocycles. The molecule has 0 saturated carbocycles. The van der Waals surface area contributed by atoms with Crippen LogP contribution in [0, 0.1) is 0 Å². The summed E-state index contributed by atoms with van der Waals surface area (Å²) in [4.78, 5) is 23.3. The summed E-state index contributed by atoms with van der Waals surface area (Å²) in [6.07, 6.45) is 0. The van der Waals surface area contributed by atoms with Crippen LogP contribution < -0.4 is 11.1 Å². The second kappa shape index (κ2) is 6.21. The van der Waals surface area contributed by atoms with Crippen molar-refractivity contribution < 1.29 is 9.59 Å². The Labute approximate surface area is 121 Å². The summed E-state index contributed by atoms with van der Waals surface area (Å²) in [6, 6.07) is 13.7. The first-order valence-corrected chi connectivity index (χ1v) is 6.37. The number of carbonyl (C=O) groups excluding carboxylic acids is 2. The summed E-state index contributed by atoms with van der Waals surface area (Å²) in [5.74, 6) is -0.668. The Morgan fingerprint density at radius 2 is 1.80 bits per heavy atom. The fourth-order valence-corrected chi connectivity index (χ4v) is 1.96. The van der Waals surface area contributed by atoms with Crippen molar-refractivity contribution in [1.82, 2.24) is 0 Å². The average molecular weight is 289 g/mol. The first kappa shape index (κ1) is 14.1. The molecule has 0 aromatic heterocycles. The van der Waals surface area contributed by atoms with Crippen molar-refractivity contribution in [2.75, 3.05) is 11.9 Å². The molecule has 0 saturated heterocycles. The zero-order chi connectivity index (χ0) is 14.5. The van der Waals surface area contributed by atoms with Crippen molar-refractivity contribution in [2.24, 2.45) is 5.73 Å². The van der Waals surface area contributed by atoms with E-state index in [2.05, 4.69) is 5.32 Å². The van der Waals surface area contributed by atoms with E-state index in [0.717, 1.165) is 0 Å². The zero-order valence-electron chi connectivity index (χ0n) is 10.6. The van der Waals surface area contributed by atoms with Crippen molar-refractivity contribution >= 4 is 29.0 Å². The van der Waals surface area contributed by atoms with Gasteiger partial charge >= 0.3 is 0 Å². The molecular weight excluding hydrogens is 276 g/mol. The second-order valence-corrected chi connectivity index (χ2v) is 4.64. The lowest BCUT2D eigenvalue weighted by atomic mass is 10.0. The van der Waals surface area contributed by atoms with E-state index in [-0.39, 0.29) is 12.3 Å². The van der Waals surface area contributed by atoms with E-state index in [9.17, 15) is 9.59 Å². The highest BCUT2D eigenvalue weighted by molar-refractivity contribution is 6.31. The van der Waals surface area contributed by atoms with E-state index in [1.54, 1.807) is 42.5 Å². The first-order chi connectivity index (χ1) is 9.58. The summed E-state index contributed by atoms with van der Waals surface area (Å²) in [6.45, 7) is -0.0449. The maximum atomic E-state index is 12.4. The van der Waals surface area contributed by atoms with Crippen LogP contribution in [0.1, 0.15) is 15.9 Å². The van der Waals surface area contributed by atoms with Crippen LogP contribution in [0.15, 0.2) is 48.5 Å². The van der Waals surface area contributed by atoms with Crippen LogP contribution in [-0.4, -0.2) is 18.2 Å². The molecule has 102 valence electrons. The second-order valence-electron chi connectivity index (χ2n) is 4.20. The van der Waals surface area contributed by atoms with E-state index >= 15 is 0 Å². The van der Waals surface area contributed by atoms with Gasteiger partial charge in [-0.1, -0.05) is 41.9 Å². The predicted molar refractivity (Wildman–Crippen MR) is 79.0 cm³/mol. The number of anilines is 1. The Bertz CT molecular complexity index is 642. The zero-order valence-corrected chi connectivity index (χ0v) is 11.4. The van der Waals surface area contributed by atoms with Gasteiger partial charge in [-0.2, -0.15) is 0 Å². The largest absolute Gasteiger partial charge is 0.376 e. The number of halogens is 1. The molecule has 0 aliphatic rings. The maximum Gasteiger partial charge on any atom is 0.236 e. The van der Waals surface area contributed by atoms with Crippen molar-refractivity contribution in [2.45, 2.75) is 0 Å². The smallest absolute Gasteiger partial charge is 0.236 e. The Morgan fingerprint density at radius 3 is 2.45 bits per heavy atom. The van der Waals surface area contributed by atoms with E-state index in [1.807, 2.05) is 6.07 Å². The summed E-state index contributed by atoms with van der Waals surface area (Å²) in [5, 5.41) is 3.29. The number of primary amides is 1. The van der Waals surface area contributed by atoms with Crippen molar-refractivity contribution in [3.8, 4) is 0 Å². The fourth-order valence-electron chi connectivity index (χ4n) is 1.79. The average Bonchev–Trinajstić information content (AvgIpc) is 2.46. The third-order valence-electron chi connectivity index (χ3n) is 2.72. The molecule has 2 rings (SSSR count). The first-order valence-electron chi connectivity index (χ1n) is 5.99. The molecule has 2 aromatic rings. The van der Waals surface area contributed by atoms with Gasteiger partial charge in [0.05, 0.1) is 6.54 Å². The Morgan fingerprint density at radius 1 is 1.10 bits per heavy atom. The SMILES string of the molecule is NC(=O)CNc1ccc(Cl)cc1C(=O)c1ccccc1. The molecule has 0 radical (unpaired) electrons. The number of benzene rings is 2. The molecule has 0 fully saturated rings. The van der Waals surface area contributed by atoms with Gasteiger partial charge in [0.15, 0.2) is 5.78 Å². The molecule has 1 amide bonds. The van der Waals surface area contributed by atoms with Crippen LogP contribution in [0.25, 0.3) is 0 Å². The molecule has 0 bridgehead atoms. The molecule has 0 unspecified atom stereocenters. The fraction of sp³-hybridized carbons (Fsp3) is 0.0667. The lowest BCUT2D eigenvalue weighted by Gasteiger charge is -2.10. The molecule has 20 heavy (non-hydrogen) atoms. The number of nitrogens with two attached hydrogens (primary N) is 1. The minimum absolute atomic E-state index is 0.0449. The quantitative estimate of drug-likeness (QED) is 0.830. The van der Waals surface area contributed by atoms with Crippen LogP contribution >= 0.6 is 11.6 Å². The van der Waals surface area contributed by atoms with Crippen molar-refractivity contribution in [1.29, 1.82) is 0 Å². The minimum Gasteiger partial charge on any atom is -0.376 e. The van der Waals surface area contributed by atoms with Crippen LogP contribution in [0.4, 0.5) is 5.69 Å². The van der Waals surface area contributed by atoms with Crippen molar-refractivity contribution in [3.63, 3.8) is 0 Å². The molecule has 0 atom stereocenters. The van der Waals surface area contributed by atoms with Gasteiger partial charge in [-0.05, 0) is 18.2 Å². The van der Waals surface area contributed by atoms with Crippen LogP contribution in [-0.2, 0) is 4.79 Å². The maximum absolute atomic E-state index is 12.4. The molecule has 4 nitrogen and oxygen atoms in total. The summed E-state index contributed by atoms with van der Waals surface area (Å²) in [7, 11) is 0. The van der Waals surface area contributed by atoms with E-state index in [4.69, 9.17) is 17.3 Å². The summed E-state index contributed by atoms with van der Waals surface area (Å²) < 4.78 is 0. The molecule has 5 heteroatoms. The molecule has 3 N–H and O–H groups in total. The highest BCUT2D eigenvalue weighted by atomic mass is 35.5. The monoisotopic (exact) mass is 288 g/mol. The highest BCUT2D eigenvalue weighted by Gasteiger charge is 2.14. The van der Waals surface area contributed by atoms with E-state index < -0.39 is 5.91 Å². The summed E-state index contributed by atoms with van der Waals surface area (Å²) >= 11 is 5.94. The molecule has 0 heterocycles. The Hall–Kier alpha value is -2.33. The van der Waals surface area contributed by atoms with Crippen LogP contribution in [0.2, 0.25) is 5.02 Å². The van der Waals surface area contributed by atoms with Crippen LogP contribution in [0.5, 0.6) is 0 Å². The van der Waals surface area contributed by atoms with Gasteiger partial charge in [-0.25, -0.2) is 0 Å². The lowest BCUT2D eigenvalue weighted by Crippen LogP contribution is -2.22. The highest BCUT2D eigenvalue weighted by Crippen LogP contribution is 2.23. The molecule has 0 spiro atoms. The third-order valence-corrected chi connectivity index (χ3v) is 2.95. The number of amides is 1. The third kappa shape index (κ3) is 3.36. The van der Waals surface area contributed by atoms with E-state index in [0.29, 0.717) is 21.8 Å². The van der Waals surface area contributed by atoms with Gasteiger partial charge in [0, 0.05) is 21.8 Å². The van der Waals surface area contributed by atoms with Gasteiger partial charge in [0.25, 0.3) is 0 Å². The standard InChI is InChI=1S/C15H13ClN2O2/c16-11-6-7-13(18-9-14(17)19)12(8-11)15(20)10-4-2-1-3-5-10/h1-8,18H,9H2,(H2,17,19). The lowest BCUT2D eigenvalue weighted by molar-refractivity contribution is -0.116. The van der Waals surface area contributed by atoms with Gasteiger partial charge in [0.1, 0.15) is 0 Å². The van der Waals surface area contributed by atoms with Gasteiger partial charge in [-0.15, -0.1) is 0 Å². The van der Waals surface area contributed by atoms with E-state index in [1.165, 1.54) is 0 Å². The number of hydrogen-bond acceptors (Lipinski definition) is 3. The van der Waals surface area contributed by atoms with Crippen molar-refractivity contribution in [3.05, 3.63) is 64.7 Å². The number of ketones is 1. The normalized spacial score (nSPS) is 10.1. The topological polar surface area (TPSA) is 72.2 Å². The Balaban J connectivity index is 2.36. The Kier molecular flexibility index (Phi) is 4.38. The van der Waals surface area contributed by atoms with Crippen LogP contribution in [0.3, 0.4) is 0 Å². The molecule has 0 aliphatic carbocycles. The molecular formula is C15H13ClN2O2. The van der Waals surface area contributed by atoms with Gasteiger partial charge in [0.2, 0.25) is 5.91 Å². The van der Waals surface area contributed by atoms with Gasteiger partial charge in [-0.3, -0.25) is 9.59 Å². The summed E-state index contributed by atoms with van der Waals surface area (Å²) in [5.41, 5.74) is 6.58. The number of rotatable bonds is 5. The number of carbonyl (C=O) groups is 2. The predicted octanol–water partition coefficient (Wildman–Crippen LogP) is 2.47.